The standard InChI is InChI=1S/C37H38F4N8O5/c1-36(2)16-30(49(20-36)32(51)19-44-35(53)54-3)33-43-18-29(45-33)23-6-4-22(5-7-23)25-14-27(38)28(15-26(25)37(39,40)41)46-34(52)24-8-9-31(42-17-24)48-12-10-47(21-50)11-13-48/h4-9,14-15,17-18,21,30H,10-13,16,19-20H2,1-3H3,(H,43,45)(H,44,53)(H,46,52). The number of ether oxygens (including phenoxy) is 1. The van der Waals surface area contributed by atoms with Crippen LogP contribution in [0.2, 0.25) is 0 Å². The number of H-pyrrole nitrogens is 1. The average Bonchev–Trinajstić information content (AvgIpc) is 3.78. The zero-order chi connectivity index (χ0) is 38.8. The number of aromatic nitrogens is 3. The number of nitrogens with zero attached hydrogens (tertiary/aromatic N) is 5. The maximum absolute atomic E-state index is 15.4. The molecule has 2 aliphatic heterocycles. The van der Waals surface area contributed by atoms with Gasteiger partial charge in [-0.1, -0.05) is 38.1 Å². The SMILES string of the molecule is COC(=O)NCC(=O)N1CC(C)(C)CC1c1ncc(-c2ccc(-c3cc(F)c(NC(=O)c4ccc(N5CCN(C=O)CC5)nc4)cc3C(F)(F)F)cc2)[nH]1. The number of carbonyl (C=O) groups excluding carboxylic acids is 4. The molecule has 1 unspecified atom stereocenters. The molecule has 0 aliphatic carbocycles. The van der Waals surface area contributed by atoms with E-state index in [1.165, 1.54) is 31.5 Å². The van der Waals surface area contributed by atoms with E-state index >= 15 is 4.39 Å². The number of likely N-dealkylation sites (tertiary alicyclic amines) is 1. The number of carbonyl (C=O) groups is 4. The Morgan fingerprint density at radius 1 is 1.00 bits per heavy atom. The summed E-state index contributed by atoms with van der Waals surface area (Å²) in [6.45, 7) is 6.33. The molecule has 4 heterocycles. The number of imidazole rings is 1. The molecular weight excluding hydrogens is 712 g/mol. The number of piperazine rings is 1. The third kappa shape index (κ3) is 8.29. The fourth-order valence-electron chi connectivity index (χ4n) is 6.68. The Morgan fingerprint density at radius 3 is 2.33 bits per heavy atom. The van der Waals surface area contributed by atoms with Crippen molar-refractivity contribution in [3.63, 3.8) is 0 Å². The first-order valence-corrected chi connectivity index (χ1v) is 17.0. The lowest BCUT2D eigenvalue weighted by atomic mass is 9.90. The molecule has 2 fully saturated rings. The Kier molecular flexibility index (Phi) is 10.6. The van der Waals surface area contributed by atoms with E-state index in [-0.39, 0.29) is 29.0 Å². The van der Waals surface area contributed by atoms with Gasteiger partial charge in [-0.2, -0.15) is 13.2 Å². The molecule has 4 aromatic rings. The van der Waals surface area contributed by atoms with Crippen molar-refractivity contribution in [3.8, 4) is 22.4 Å². The summed E-state index contributed by atoms with van der Waals surface area (Å²) in [5.41, 5.74) is -1.20. The van der Waals surface area contributed by atoms with Crippen LogP contribution in [0.15, 0.2) is 60.9 Å². The third-order valence-corrected chi connectivity index (χ3v) is 9.49. The maximum Gasteiger partial charge on any atom is 0.417 e. The quantitative estimate of drug-likeness (QED) is 0.150. The van der Waals surface area contributed by atoms with Gasteiger partial charge < -0.3 is 35.1 Å². The molecular formula is C37H38F4N8O5. The van der Waals surface area contributed by atoms with Crippen LogP contribution in [-0.2, 0) is 20.5 Å². The zero-order valence-corrected chi connectivity index (χ0v) is 29.7. The number of hydrogen-bond acceptors (Lipinski definition) is 8. The number of methoxy groups -OCH3 is 1. The molecule has 2 aromatic carbocycles. The molecule has 6 rings (SSSR count). The molecule has 0 spiro atoms. The molecule has 2 saturated heterocycles. The number of aromatic amines is 1. The Balaban J connectivity index is 1.17. The van der Waals surface area contributed by atoms with Crippen molar-refractivity contribution in [1.82, 2.24) is 30.1 Å². The third-order valence-electron chi connectivity index (χ3n) is 9.49. The molecule has 0 saturated carbocycles. The molecule has 3 N–H and O–H groups in total. The minimum absolute atomic E-state index is 0.0198. The highest BCUT2D eigenvalue weighted by atomic mass is 19.4. The van der Waals surface area contributed by atoms with Crippen molar-refractivity contribution in [2.75, 3.05) is 56.6 Å². The van der Waals surface area contributed by atoms with Gasteiger partial charge in [-0.15, -0.1) is 0 Å². The van der Waals surface area contributed by atoms with E-state index in [1.807, 2.05) is 18.7 Å². The first-order chi connectivity index (χ1) is 25.7. The molecule has 2 aliphatic rings. The van der Waals surface area contributed by atoms with E-state index in [4.69, 9.17) is 0 Å². The first kappa shape index (κ1) is 37.7. The second kappa shape index (κ2) is 15.2. The highest BCUT2D eigenvalue weighted by Gasteiger charge is 2.42. The number of alkyl halides is 3. The van der Waals surface area contributed by atoms with Crippen LogP contribution in [0.1, 0.15) is 48.1 Å². The molecule has 17 heteroatoms. The summed E-state index contributed by atoms with van der Waals surface area (Å²) in [6, 6.07) is 9.92. The van der Waals surface area contributed by atoms with Crippen LogP contribution in [0.5, 0.6) is 0 Å². The number of pyridine rings is 1. The molecule has 4 amide bonds. The van der Waals surface area contributed by atoms with E-state index < -0.39 is 46.9 Å². The van der Waals surface area contributed by atoms with Crippen molar-refractivity contribution < 1.29 is 41.5 Å². The van der Waals surface area contributed by atoms with Crippen LogP contribution < -0.4 is 15.5 Å². The van der Waals surface area contributed by atoms with Gasteiger partial charge in [0.05, 0.1) is 41.9 Å². The Labute approximate surface area is 307 Å². The molecule has 1 atom stereocenters. The molecule has 0 radical (unpaired) electrons. The Bertz CT molecular complexity index is 2030. The number of halogens is 4. The summed E-state index contributed by atoms with van der Waals surface area (Å²) in [5, 5.41) is 4.64. The van der Waals surface area contributed by atoms with Crippen molar-refractivity contribution in [1.29, 1.82) is 0 Å². The summed E-state index contributed by atoms with van der Waals surface area (Å²) in [7, 11) is 1.20. The van der Waals surface area contributed by atoms with Gasteiger partial charge in [0, 0.05) is 38.9 Å². The fraction of sp³-hybridized carbons (Fsp3) is 0.351. The van der Waals surface area contributed by atoms with Gasteiger partial charge >= 0.3 is 12.3 Å². The van der Waals surface area contributed by atoms with Gasteiger partial charge in [-0.25, -0.2) is 19.2 Å². The highest BCUT2D eigenvalue weighted by molar-refractivity contribution is 6.04. The topological polar surface area (TPSA) is 153 Å². The van der Waals surface area contributed by atoms with E-state index in [0.29, 0.717) is 68.1 Å². The normalized spacial score (nSPS) is 16.9. The van der Waals surface area contributed by atoms with Gasteiger partial charge in [-0.05, 0) is 52.8 Å². The van der Waals surface area contributed by atoms with E-state index in [9.17, 15) is 32.3 Å². The van der Waals surface area contributed by atoms with Crippen molar-refractivity contribution in [2.45, 2.75) is 32.5 Å². The monoisotopic (exact) mass is 750 g/mol. The maximum atomic E-state index is 15.4. The lowest BCUT2D eigenvalue weighted by Crippen LogP contribution is -2.46. The van der Waals surface area contributed by atoms with E-state index in [0.717, 1.165) is 12.5 Å². The van der Waals surface area contributed by atoms with Crippen LogP contribution in [-0.4, -0.2) is 95.4 Å². The number of nitrogens with one attached hydrogen (secondary N) is 3. The smallest absolute Gasteiger partial charge is 0.417 e. The Morgan fingerprint density at radius 2 is 1.70 bits per heavy atom. The molecule has 54 heavy (non-hydrogen) atoms. The van der Waals surface area contributed by atoms with Crippen molar-refractivity contribution in [3.05, 3.63) is 83.7 Å². The summed E-state index contributed by atoms with van der Waals surface area (Å²) in [4.78, 5) is 65.6. The molecule has 0 bridgehead atoms. The van der Waals surface area contributed by atoms with Crippen LogP contribution >= 0.6 is 0 Å². The van der Waals surface area contributed by atoms with E-state index in [1.54, 1.807) is 34.2 Å². The summed E-state index contributed by atoms with van der Waals surface area (Å²) in [6.07, 6.45) is -1.43. The van der Waals surface area contributed by atoms with Crippen LogP contribution in [0.25, 0.3) is 22.4 Å². The second-order valence-corrected chi connectivity index (χ2v) is 13.9. The van der Waals surface area contributed by atoms with Crippen LogP contribution in [0.3, 0.4) is 0 Å². The van der Waals surface area contributed by atoms with Crippen LogP contribution in [0, 0.1) is 11.2 Å². The van der Waals surface area contributed by atoms with Crippen molar-refractivity contribution >= 4 is 35.8 Å². The number of anilines is 2. The first-order valence-electron chi connectivity index (χ1n) is 17.0. The van der Waals surface area contributed by atoms with Gasteiger partial charge in [0.2, 0.25) is 12.3 Å². The summed E-state index contributed by atoms with van der Waals surface area (Å²) >= 11 is 0. The largest absolute Gasteiger partial charge is 0.453 e. The Hall–Kier alpha value is -6.00. The molecule has 13 nitrogen and oxygen atoms in total. The van der Waals surface area contributed by atoms with Gasteiger partial charge in [0.15, 0.2) is 0 Å². The minimum atomic E-state index is -4.89. The lowest BCUT2D eigenvalue weighted by Gasteiger charge is -2.33. The predicted molar refractivity (Wildman–Crippen MR) is 190 cm³/mol. The van der Waals surface area contributed by atoms with Crippen molar-refractivity contribution in [2.24, 2.45) is 5.41 Å². The molecule has 284 valence electrons. The van der Waals surface area contributed by atoms with Gasteiger partial charge in [-0.3, -0.25) is 14.4 Å². The number of benzene rings is 2. The molecule has 2 aromatic heterocycles. The number of rotatable bonds is 9. The predicted octanol–water partition coefficient (Wildman–Crippen LogP) is 5.48. The highest BCUT2D eigenvalue weighted by Crippen LogP contribution is 2.43. The van der Waals surface area contributed by atoms with Gasteiger partial charge in [0.25, 0.3) is 5.91 Å². The average molecular weight is 751 g/mol. The summed E-state index contributed by atoms with van der Waals surface area (Å²) in [5.74, 6) is -1.15. The zero-order valence-electron chi connectivity index (χ0n) is 29.7. The fourth-order valence-corrected chi connectivity index (χ4v) is 6.68. The summed E-state index contributed by atoms with van der Waals surface area (Å²) < 4.78 is 63.1. The van der Waals surface area contributed by atoms with E-state index in [2.05, 4.69) is 30.3 Å². The second-order valence-electron chi connectivity index (χ2n) is 13.9. The number of alkyl carbamates (subject to hydrolysis) is 1. The number of amides is 4. The lowest BCUT2D eigenvalue weighted by molar-refractivity contribution is -0.137. The van der Waals surface area contributed by atoms with Gasteiger partial charge in [0.1, 0.15) is 24.0 Å². The minimum Gasteiger partial charge on any atom is -0.453 e. The van der Waals surface area contributed by atoms with Crippen LogP contribution in [0.4, 0.5) is 33.9 Å². The number of hydrogen-bond donors (Lipinski definition) is 3.